The molecule has 0 amide bonds. The standard InChI is InChI=1S/C16H23NO/c1-12-3-8-16(18)11-14(4-7-15(12,16)2)13-5-9-17-10-6-13/h5-6,9-10,12,14,18H,3-4,7-8,11H2,1-2H3. The van der Waals surface area contributed by atoms with Gasteiger partial charge in [-0.2, -0.15) is 0 Å². The molecule has 3 rings (SSSR count). The fraction of sp³-hybridized carbons (Fsp3) is 0.688. The van der Waals surface area contributed by atoms with Crippen LogP contribution in [0.3, 0.4) is 0 Å². The molecule has 0 spiro atoms. The minimum Gasteiger partial charge on any atom is -0.389 e. The van der Waals surface area contributed by atoms with Crippen LogP contribution in [0.4, 0.5) is 0 Å². The molecule has 2 saturated carbocycles. The second-order valence-electron chi connectivity index (χ2n) is 6.61. The summed E-state index contributed by atoms with van der Waals surface area (Å²) < 4.78 is 0. The van der Waals surface area contributed by atoms with Gasteiger partial charge in [0.2, 0.25) is 0 Å². The van der Waals surface area contributed by atoms with Gasteiger partial charge in [-0.05, 0) is 67.1 Å². The molecule has 4 unspecified atom stereocenters. The minimum atomic E-state index is -0.446. The van der Waals surface area contributed by atoms with Crippen molar-refractivity contribution in [1.29, 1.82) is 0 Å². The van der Waals surface area contributed by atoms with E-state index in [9.17, 15) is 5.11 Å². The Morgan fingerprint density at radius 1 is 1.22 bits per heavy atom. The molecule has 1 aromatic rings. The van der Waals surface area contributed by atoms with Gasteiger partial charge in [0, 0.05) is 12.4 Å². The van der Waals surface area contributed by atoms with Crippen LogP contribution < -0.4 is 0 Å². The predicted molar refractivity (Wildman–Crippen MR) is 72.3 cm³/mol. The molecule has 0 bridgehead atoms. The van der Waals surface area contributed by atoms with E-state index in [2.05, 4.69) is 31.0 Å². The molecular weight excluding hydrogens is 222 g/mol. The number of rotatable bonds is 1. The highest BCUT2D eigenvalue weighted by Gasteiger charge is 2.57. The van der Waals surface area contributed by atoms with Gasteiger partial charge in [-0.1, -0.05) is 13.8 Å². The lowest BCUT2D eigenvalue weighted by molar-refractivity contribution is -0.102. The molecule has 1 N–H and O–H groups in total. The van der Waals surface area contributed by atoms with Crippen molar-refractivity contribution in [3.8, 4) is 0 Å². The summed E-state index contributed by atoms with van der Waals surface area (Å²) in [6.07, 6.45) is 9.17. The molecule has 2 fully saturated rings. The molecule has 18 heavy (non-hydrogen) atoms. The molecule has 98 valence electrons. The third kappa shape index (κ3) is 1.62. The molecule has 1 heterocycles. The maximum absolute atomic E-state index is 11.1. The Bertz CT molecular complexity index is 432. The summed E-state index contributed by atoms with van der Waals surface area (Å²) in [5, 5.41) is 11.1. The smallest absolute Gasteiger partial charge is 0.0709 e. The van der Waals surface area contributed by atoms with Crippen LogP contribution in [0.2, 0.25) is 0 Å². The van der Waals surface area contributed by atoms with Gasteiger partial charge in [0.15, 0.2) is 0 Å². The van der Waals surface area contributed by atoms with Gasteiger partial charge < -0.3 is 5.11 Å². The molecule has 2 heteroatoms. The van der Waals surface area contributed by atoms with Crippen LogP contribution in [-0.2, 0) is 0 Å². The van der Waals surface area contributed by atoms with Crippen LogP contribution in [0.1, 0.15) is 57.4 Å². The molecule has 0 saturated heterocycles. The molecule has 1 aromatic heterocycles. The highest BCUT2D eigenvalue weighted by atomic mass is 16.3. The third-order valence-electron chi connectivity index (χ3n) is 5.92. The zero-order chi connectivity index (χ0) is 12.8. The van der Waals surface area contributed by atoms with Crippen LogP contribution in [0.5, 0.6) is 0 Å². The summed E-state index contributed by atoms with van der Waals surface area (Å²) in [4.78, 5) is 4.09. The normalized spacial score (nSPS) is 43.7. The topological polar surface area (TPSA) is 33.1 Å². The summed E-state index contributed by atoms with van der Waals surface area (Å²) in [5.74, 6) is 1.16. The second kappa shape index (κ2) is 4.06. The first-order chi connectivity index (χ1) is 8.55. The average Bonchev–Trinajstić information content (AvgIpc) is 2.63. The maximum Gasteiger partial charge on any atom is 0.0709 e. The van der Waals surface area contributed by atoms with Crippen molar-refractivity contribution in [3.05, 3.63) is 30.1 Å². The van der Waals surface area contributed by atoms with Crippen molar-refractivity contribution in [2.75, 3.05) is 0 Å². The Hall–Kier alpha value is -0.890. The maximum atomic E-state index is 11.1. The molecule has 2 aliphatic rings. The highest BCUT2D eigenvalue weighted by Crippen LogP contribution is 2.60. The fourth-order valence-corrected chi connectivity index (χ4v) is 4.24. The first-order valence-corrected chi connectivity index (χ1v) is 7.17. The van der Waals surface area contributed by atoms with Gasteiger partial charge in [0.05, 0.1) is 5.60 Å². The molecule has 4 atom stereocenters. The van der Waals surface area contributed by atoms with Crippen LogP contribution in [0.15, 0.2) is 24.5 Å². The van der Waals surface area contributed by atoms with E-state index in [4.69, 9.17) is 0 Å². The number of pyridine rings is 1. The Morgan fingerprint density at radius 2 is 1.94 bits per heavy atom. The summed E-state index contributed by atoms with van der Waals surface area (Å²) in [6, 6.07) is 4.21. The van der Waals surface area contributed by atoms with Gasteiger partial charge in [-0.25, -0.2) is 0 Å². The van der Waals surface area contributed by atoms with Gasteiger partial charge in [-0.15, -0.1) is 0 Å². The van der Waals surface area contributed by atoms with Gasteiger partial charge >= 0.3 is 0 Å². The monoisotopic (exact) mass is 245 g/mol. The van der Waals surface area contributed by atoms with Gasteiger partial charge in [0.1, 0.15) is 0 Å². The Morgan fingerprint density at radius 3 is 2.67 bits per heavy atom. The molecule has 0 aromatic carbocycles. The lowest BCUT2D eigenvalue weighted by atomic mass is 9.59. The van der Waals surface area contributed by atoms with E-state index in [1.165, 1.54) is 18.4 Å². The van der Waals surface area contributed by atoms with E-state index in [1.807, 2.05) is 12.4 Å². The fourth-order valence-electron chi connectivity index (χ4n) is 4.24. The summed E-state index contributed by atoms with van der Waals surface area (Å²) in [7, 11) is 0. The highest BCUT2D eigenvalue weighted by molar-refractivity contribution is 5.21. The molecule has 0 radical (unpaired) electrons. The number of hydrogen-bond donors (Lipinski definition) is 1. The van der Waals surface area contributed by atoms with Crippen molar-refractivity contribution >= 4 is 0 Å². The summed E-state index contributed by atoms with van der Waals surface area (Å²) in [6.45, 7) is 4.61. The lowest BCUT2D eigenvalue weighted by Gasteiger charge is -2.49. The molecule has 2 nitrogen and oxygen atoms in total. The van der Waals surface area contributed by atoms with E-state index in [-0.39, 0.29) is 5.41 Å². The summed E-state index contributed by atoms with van der Waals surface area (Å²) in [5.41, 5.74) is 1.04. The van der Waals surface area contributed by atoms with E-state index >= 15 is 0 Å². The first kappa shape index (κ1) is 12.2. The largest absolute Gasteiger partial charge is 0.389 e. The number of nitrogens with zero attached hydrogens (tertiary/aromatic N) is 1. The summed E-state index contributed by atoms with van der Waals surface area (Å²) >= 11 is 0. The Balaban J connectivity index is 1.86. The van der Waals surface area contributed by atoms with E-state index in [0.717, 1.165) is 19.3 Å². The molecule has 0 aliphatic heterocycles. The van der Waals surface area contributed by atoms with E-state index in [1.54, 1.807) is 0 Å². The average molecular weight is 245 g/mol. The van der Waals surface area contributed by atoms with Crippen molar-refractivity contribution in [1.82, 2.24) is 4.98 Å². The predicted octanol–water partition coefficient (Wildman–Crippen LogP) is 3.52. The zero-order valence-corrected chi connectivity index (χ0v) is 11.4. The molecular formula is C16H23NO. The van der Waals surface area contributed by atoms with Crippen LogP contribution in [0.25, 0.3) is 0 Å². The van der Waals surface area contributed by atoms with Crippen LogP contribution >= 0.6 is 0 Å². The van der Waals surface area contributed by atoms with Crippen molar-refractivity contribution < 1.29 is 5.11 Å². The number of aromatic nitrogens is 1. The van der Waals surface area contributed by atoms with Crippen molar-refractivity contribution in [3.63, 3.8) is 0 Å². The Labute approximate surface area is 109 Å². The number of fused-ring (bicyclic) bond motifs is 1. The number of hydrogen-bond acceptors (Lipinski definition) is 2. The van der Waals surface area contributed by atoms with Crippen LogP contribution in [-0.4, -0.2) is 15.7 Å². The zero-order valence-electron chi connectivity index (χ0n) is 11.4. The SMILES string of the molecule is CC1CCC2(O)CC(c3ccncc3)CCC12C. The van der Waals surface area contributed by atoms with Crippen molar-refractivity contribution in [2.24, 2.45) is 11.3 Å². The van der Waals surface area contributed by atoms with Crippen LogP contribution in [0, 0.1) is 11.3 Å². The van der Waals surface area contributed by atoms with Gasteiger partial charge in [-0.3, -0.25) is 4.98 Å². The first-order valence-electron chi connectivity index (χ1n) is 7.17. The van der Waals surface area contributed by atoms with E-state index < -0.39 is 5.60 Å². The second-order valence-corrected chi connectivity index (χ2v) is 6.61. The minimum absolute atomic E-state index is 0.135. The Kier molecular flexibility index (Phi) is 2.74. The quantitative estimate of drug-likeness (QED) is 0.821. The number of aliphatic hydroxyl groups is 1. The molecule has 2 aliphatic carbocycles. The third-order valence-corrected chi connectivity index (χ3v) is 5.92. The lowest BCUT2D eigenvalue weighted by Crippen LogP contribution is -2.48. The van der Waals surface area contributed by atoms with Crippen molar-refractivity contribution in [2.45, 2.75) is 57.5 Å². The van der Waals surface area contributed by atoms with Gasteiger partial charge in [0.25, 0.3) is 0 Å². The van der Waals surface area contributed by atoms with E-state index in [0.29, 0.717) is 11.8 Å².